The summed E-state index contributed by atoms with van der Waals surface area (Å²) in [4.78, 5) is 25.1. The van der Waals surface area contributed by atoms with Crippen molar-refractivity contribution in [3.8, 4) is 11.5 Å². The number of amides is 1. The summed E-state index contributed by atoms with van der Waals surface area (Å²) in [5, 5.41) is 4.21. The second kappa shape index (κ2) is 8.43. The first kappa shape index (κ1) is 19.2. The molecule has 0 aromatic heterocycles. The summed E-state index contributed by atoms with van der Waals surface area (Å²) in [5.74, 6) is 0.273. The van der Waals surface area contributed by atoms with Crippen LogP contribution in [0.5, 0.6) is 11.5 Å². The molecule has 0 spiro atoms. The number of nitrogens with one attached hydrogen (secondary N) is 1. The average molecular weight is 379 g/mol. The topological polar surface area (TPSA) is 73.9 Å². The molecule has 3 aromatic rings. The fourth-order valence-corrected chi connectivity index (χ4v) is 2.85. The molecule has 0 aliphatic heterocycles. The van der Waals surface area contributed by atoms with Gasteiger partial charge in [-0.1, -0.05) is 30.3 Å². The van der Waals surface area contributed by atoms with Gasteiger partial charge in [-0.25, -0.2) is 4.79 Å². The van der Waals surface area contributed by atoms with E-state index in [1.807, 2.05) is 24.3 Å². The van der Waals surface area contributed by atoms with Gasteiger partial charge in [0.15, 0.2) is 6.10 Å². The summed E-state index contributed by atoms with van der Waals surface area (Å²) >= 11 is 0. The van der Waals surface area contributed by atoms with Crippen LogP contribution in [0.25, 0.3) is 10.8 Å². The van der Waals surface area contributed by atoms with E-state index in [0.29, 0.717) is 28.1 Å². The van der Waals surface area contributed by atoms with Crippen molar-refractivity contribution in [3.63, 3.8) is 0 Å². The Balaban J connectivity index is 1.75. The van der Waals surface area contributed by atoms with Crippen LogP contribution >= 0.6 is 0 Å². The molecule has 144 valence electrons. The van der Waals surface area contributed by atoms with E-state index in [9.17, 15) is 9.59 Å². The lowest BCUT2D eigenvalue weighted by molar-refractivity contribution is -0.123. The highest BCUT2D eigenvalue weighted by molar-refractivity contribution is 6.07. The van der Waals surface area contributed by atoms with Crippen molar-refractivity contribution in [2.45, 2.75) is 13.0 Å². The Morgan fingerprint density at radius 1 is 0.893 bits per heavy atom. The molecule has 28 heavy (non-hydrogen) atoms. The number of carbonyl (C=O) groups is 2. The van der Waals surface area contributed by atoms with E-state index in [-0.39, 0.29) is 0 Å². The monoisotopic (exact) mass is 379 g/mol. The van der Waals surface area contributed by atoms with E-state index in [1.165, 1.54) is 6.92 Å². The molecule has 1 amide bonds. The number of ether oxygens (including phenoxy) is 3. The fraction of sp³-hybridized carbons (Fsp3) is 0.182. The van der Waals surface area contributed by atoms with E-state index in [0.717, 1.165) is 5.39 Å². The van der Waals surface area contributed by atoms with Gasteiger partial charge in [0.1, 0.15) is 11.5 Å². The Morgan fingerprint density at radius 2 is 1.64 bits per heavy atom. The summed E-state index contributed by atoms with van der Waals surface area (Å²) < 4.78 is 15.9. The molecule has 0 radical (unpaired) electrons. The van der Waals surface area contributed by atoms with Crippen LogP contribution < -0.4 is 14.8 Å². The zero-order chi connectivity index (χ0) is 20.1. The lowest BCUT2D eigenvalue weighted by atomic mass is 10.0. The maximum absolute atomic E-state index is 12.7. The third-order valence-electron chi connectivity index (χ3n) is 4.31. The number of carbonyl (C=O) groups excluding carboxylic acids is 2. The van der Waals surface area contributed by atoms with Gasteiger partial charge in [0.05, 0.1) is 19.8 Å². The number of hydrogen-bond acceptors (Lipinski definition) is 5. The molecular formula is C22H21NO5. The highest BCUT2D eigenvalue weighted by atomic mass is 16.5. The van der Waals surface area contributed by atoms with Crippen LogP contribution in [0.2, 0.25) is 0 Å². The van der Waals surface area contributed by atoms with E-state index in [2.05, 4.69) is 5.32 Å². The lowest BCUT2D eigenvalue weighted by Gasteiger charge is -2.15. The molecule has 1 atom stereocenters. The van der Waals surface area contributed by atoms with Gasteiger partial charge in [0.25, 0.3) is 5.91 Å². The summed E-state index contributed by atoms with van der Waals surface area (Å²) in [6.45, 7) is 1.53. The molecule has 6 nitrogen and oxygen atoms in total. The molecule has 1 N–H and O–H groups in total. The van der Waals surface area contributed by atoms with E-state index in [4.69, 9.17) is 14.2 Å². The van der Waals surface area contributed by atoms with Crippen LogP contribution in [0.4, 0.5) is 5.69 Å². The smallest absolute Gasteiger partial charge is 0.339 e. The van der Waals surface area contributed by atoms with Gasteiger partial charge in [0.2, 0.25) is 0 Å². The van der Waals surface area contributed by atoms with E-state index in [1.54, 1.807) is 50.6 Å². The van der Waals surface area contributed by atoms with Gasteiger partial charge in [-0.15, -0.1) is 0 Å². The standard InChI is InChI=1S/C22H21NO5/c1-14(21(24)23-15-7-6-8-16(13-15)26-2)28-22(25)19-11-12-20(27-3)18-10-5-4-9-17(18)19/h4-14H,1-3H3,(H,23,24)/t14-/m1/s1. The normalized spacial score (nSPS) is 11.5. The second-order valence-electron chi connectivity index (χ2n) is 6.13. The minimum Gasteiger partial charge on any atom is -0.497 e. The molecular weight excluding hydrogens is 358 g/mol. The summed E-state index contributed by atoms with van der Waals surface area (Å²) in [7, 11) is 3.12. The minimum absolute atomic E-state index is 0.373. The zero-order valence-corrected chi connectivity index (χ0v) is 15.9. The molecule has 0 bridgehead atoms. The molecule has 0 saturated heterocycles. The fourth-order valence-electron chi connectivity index (χ4n) is 2.85. The first-order valence-electron chi connectivity index (χ1n) is 8.75. The predicted molar refractivity (Wildman–Crippen MR) is 107 cm³/mol. The molecule has 0 saturated carbocycles. The molecule has 3 rings (SSSR count). The molecule has 6 heteroatoms. The molecule has 0 aliphatic carbocycles. The van der Waals surface area contributed by atoms with Gasteiger partial charge in [-0.2, -0.15) is 0 Å². The highest BCUT2D eigenvalue weighted by Crippen LogP contribution is 2.29. The molecule has 0 fully saturated rings. The second-order valence-corrected chi connectivity index (χ2v) is 6.13. The number of hydrogen-bond donors (Lipinski definition) is 1. The number of methoxy groups -OCH3 is 2. The molecule has 0 aliphatic rings. The minimum atomic E-state index is -0.973. The van der Waals surface area contributed by atoms with E-state index < -0.39 is 18.0 Å². The maximum Gasteiger partial charge on any atom is 0.339 e. The van der Waals surface area contributed by atoms with Gasteiger partial charge < -0.3 is 19.5 Å². The summed E-state index contributed by atoms with van der Waals surface area (Å²) in [5.41, 5.74) is 0.930. The van der Waals surface area contributed by atoms with Crippen LogP contribution in [0.1, 0.15) is 17.3 Å². The van der Waals surface area contributed by atoms with Crippen LogP contribution in [0, 0.1) is 0 Å². The van der Waals surface area contributed by atoms with Crippen molar-refractivity contribution < 1.29 is 23.8 Å². The molecule has 0 heterocycles. The first-order valence-corrected chi connectivity index (χ1v) is 8.75. The third kappa shape index (κ3) is 4.06. The van der Waals surface area contributed by atoms with Crippen LogP contribution in [0.3, 0.4) is 0 Å². The number of rotatable bonds is 6. The quantitative estimate of drug-likeness (QED) is 0.654. The van der Waals surface area contributed by atoms with Crippen molar-refractivity contribution in [2.75, 3.05) is 19.5 Å². The van der Waals surface area contributed by atoms with Gasteiger partial charge >= 0.3 is 5.97 Å². The number of anilines is 1. The summed E-state index contributed by atoms with van der Waals surface area (Å²) in [6.07, 6.45) is -0.973. The maximum atomic E-state index is 12.7. The van der Waals surface area contributed by atoms with Crippen molar-refractivity contribution in [1.29, 1.82) is 0 Å². The van der Waals surface area contributed by atoms with Gasteiger partial charge in [-0.05, 0) is 36.6 Å². The SMILES string of the molecule is COc1cccc(NC(=O)[C@@H](C)OC(=O)c2ccc(OC)c3ccccc23)c1. The third-order valence-corrected chi connectivity index (χ3v) is 4.31. The Bertz CT molecular complexity index is 1010. The molecule has 3 aromatic carbocycles. The van der Waals surface area contributed by atoms with Crippen molar-refractivity contribution in [2.24, 2.45) is 0 Å². The van der Waals surface area contributed by atoms with Crippen molar-refractivity contribution in [3.05, 3.63) is 66.2 Å². The van der Waals surface area contributed by atoms with Crippen LogP contribution in [-0.2, 0) is 9.53 Å². The molecule has 0 unspecified atom stereocenters. The lowest BCUT2D eigenvalue weighted by Crippen LogP contribution is -2.30. The Labute approximate surface area is 163 Å². The van der Waals surface area contributed by atoms with Crippen molar-refractivity contribution in [1.82, 2.24) is 0 Å². The van der Waals surface area contributed by atoms with E-state index >= 15 is 0 Å². The Morgan fingerprint density at radius 3 is 2.36 bits per heavy atom. The number of fused-ring (bicyclic) bond motifs is 1. The van der Waals surface area contributed by atoms with Gasteiger partial charge in [0, 0.05) is 17.1 Å². The summed E-state index contributed by atoms with van der Waals surface area (Å²) in [6, 6.07) is 17.7. The Hall–Kier alpha value is -3.54. The predicted octanol–water partition coefficient (Wildman–Crippen LogP) is 4.04. The number of esters is 1. The van der Waals surface area contributed by atoms with Crippen LogP contribution in [-0.4, -0.2) is 32.2 Å². The average Bonchev–Trinajstić information content (AvgIpc) is 2.72. The van der Waals surface area contributed by atoms with Gasteiger partial charge in [-0.3, -0.25) is 4.79 Å². The first-order chi connectivity index (χ1) is 13.5. The number of benzene rings is 3. The largest absolute Gasteiger partial charge is 0.497 e. The van der Waals surface area contributed by atoms with Crippen LogP contribution in [0.15, 0.2) is 60.7 Å². The highest BCUT2D eigenvalue weighted by Gasteiger charge is 2.21. The zero-order valence-electron chi connectivity index (χ0n) is 15.9. The Kier molecular flexibility index (Phi) is 5.79. The van der Waals surface area contributed by atoms with Crippen molar-refractivity contribution >= 4 is 28.3 Å².